The van der Waals surface area contributed by atoms with Crippen LogP contribution < -0.4 is 10.6 Å². The van der Waals surface area contributed by atoms with Crippen LogP contribution >= 0.6 is 0 Å². The third-order valence-electron chi connectivity index (χ3n) is 5.52. The molecule has 2 N–H and O–H groups in total. The van der Waals surface area contributed by atoms with Crippen LogP contribution in [0.4, 0.5) is 23.0 Å². The van der Waals surface area contributed by atoms with E-state index in [-0.39, 0.29) is 11.4 Å². The molecule has 0 saturated heterocycles. The van der Waals surface area contributed by atoms with Gasteiger partial charge in [-0.2, -0.15) is 0 Å². The number of methoxy groups -OCH3 is 2. The maximum absolute atomic E-state index is 12.1. The Balaban J connectivity index is 1.47. The average molecular weight is 480 g/mol. The van der Waals surface area contributed by atoms with Gasteiger partial charge in [0.25, 0.3) is 0 Å². The number of rotatable bonds is 6. The van der Waals surface area contributed by atoms with Gasteiger partial charge in [0.15, 0.2) is 23.0 Å². The second-order valence-corrected chi connectivity index (χ2v) is 7.70. The van der Waals surface area contributed by atoms with Crippen LogP contribution in [0.1, 0.15) is 21.0 Å². The summed E-state index contributed by atoms with van der Waals surface area (Å²) in [5, 5.41) is 25.8. The largest absolute Gasteiger partial charge is 0.464 e. The summed E-state index contributed by atoms with van der Waals surface area (Å²) in [5.41, 5.74) is 1.76. The van der Waals surface area contributed by atoms with Crippen molar-refractivity contribution in [3.63, 3.8) is 0 Å². The Hall–Kier alpha value is -5.12. The van der Waals surface area contributed by atoms with E-state index >= 15 is 0 Å². The van der Waals surface area contributed by atoms with Crippen molar-refractivity contribution in [2.75, 3.05) is 24.9 Å². The molecule has 0 amide bonds. The van der Waals surface area contributed by atoms with Gasteiger partial charge in [-0.05, 0) is 18.2 Å². The van der Waals surface area contributed by atoms with Crippen LogP contribution in [0.3, 0.4) is 0 Å². The minimum atomic E-state index is -0.553. The smallest absolute Gasteiger partial charge is 0.359 e. The van der Waals surface area contributed by atoms with Crippen LogP contribution in [0.5, 0.6) is 0 Å². The molecule has 0 saturated carbocycles. The van der Waals surface area contributed by atoms with Crippen molar-refractivity contribution in [2.24, 2.45) is 0 Å². The van der Waals surface area contributed by atoms with Crippen molar-refractivity contribution in [1.82, 2.24) is 20.4 Å². The number of aromatic nitrogens is 4. The van der Waals surface area contributed by atoms with Crippen LogP contribution in [-0.2, 0) is 9.47 Å². The van der Waals surface area contributed by atoms with Gasteiger partial charge >= 0.3 is 11.9 Å². The number of hydrogen-bond donors (Lipinski definition) is 2. The molecule has 5 aromatic rings. The van der Waals surface area contributed by atoms with E-state index in [2.05, 4.69) is 31.0 Å². The first kappa shape index (κ1) is 22.7. The van der Waals surface area contributed by atoms with Gasteiger partial charge in [0.1, 0.15) is 0 Å². The fourth-order valence-electron chi connectivity index (χ4n) is 3.84. The zero-order chi connectivity index (χ0) is 25.1. The molecule has 0 aliphatic rings. The highest BCUT2D eigenvalue weighted by atomic mass is 16.5. The molecule has 0 aliphatic carbocycles. The molecule has 10 nitrogen and oxygen atoms in total. The molecule has 36 heavy (non-hydrogen) atoms. The molecular formula is C26H20N6O4. The quantitative estimate of drug-likeness (QED) is 0.332. The van der Waals surface area contributed by atoms with Crippen LogP contribution in [0.15, 0.2) is 72.8 Å². The summed E-state index contributed by atoms with van der Waals surface area (Å²) < 4.78 is 9.65. The number of ether oxygens (including phenoxy) is 2. The number of carbonyl (C=O) groups is 2. The fraction of sp³-hybridized carbons (Fsp3) is 0.0769. The predicted octanol–water partition coefficient (Wildman–Crippen LogP) is 4.63. The highest BCUT2D eigenvalue weighted by molar-refractivity contribution is 6.07. The molecule has 10 heteroatoms. The fourth-order valence-corrected chi connectivity index (χ4v) is 3.84. The number of hydrogen-bond acceptors (Lipinski definition) is 10. The zero-order valence-electron chi connectivity index (χ0n) is 19.4. The highest BCUT2D eigenvalue weighted by Crippen LogP contribution is 2.29. The Bertz CT molecular complexity index is 1510. The summed E-state index contributed by atoms with van der Waals surface area (Å²) in [6, 6.07) is 22.1. The summed E-state index contributed by atoms with van der Waals surface area (Å²) in [7, 11) is 2.61. The third kappa shape index (κ3) is 4.23. The van der Waals surface area contributed by atoms with Crippen molar-refractivity contribution >= 4 is 56.5 Å². The standard InChI is InChI=1S/C26H20N6O4/c1-35-25(33)21-17-10-3-5-12-19(17)23(31-29-21)27-15-8-7-9-16(14-15)28-24-20-13-6-4-11-18(20)22(30-32-24)26(34)36-2/h3-14H,1-2H3,(H,27,31)(H,28,32). The van der Waals surface area contributed by atoms with Gasteiger partial charge in [-0.1, -0.05) is 54.6 Å². The molecule has 0 bridgehead atoms. The summed E-state index contributed by atoms with van der Waals surface area (Å²) in [5.74, 6) is -0.128. The normalized spacial score (nSPS) is 10.7. The molecule has 0 aliphatic heterocycles. The molecular weight excluding hydrogens is 460 g/mol. The SMILES string of the molecule is COC(=O)c1nnc(Nc2cccc(Nc3nnc(C(=O)OC)c4ccccc34)c2)c2ccccc12. The van der Waals surface area contributed by atoms with Gasteiger partial charge in [0, 0.05) is 32.9 Å². The molecule has 2 aromatic heterocycles. The Kier molecular flexibility index (Phi) is 6.06. The van der Waals surface area contributed by atoms with Crippen molar-refractivity contribution in [3.8, 4) is 0 Å². The van der Waals surface area contributed by atoms with Gasteiger partial charge in [0.05, 0.1) is 14.2 Å². The first-order valence-corrected chi connectivity index (χ1v) is 10.9. The van der Waals surface area contributed by atoms with Crippen molar-refractivity contribution in [2.45, 2.75) is 0 Å². The average Bonchev–Trinajstić information content (AvgIpc) is 2.93. The van der Waals surface area contributed by atoms with Gasteiger partial charge < -0.3 is 20.1 Å². The topological polar surface area (TPSA) is 128 Å². The first-order chi connectivity index (χ1) is 17.6. The molecule has 5 rings (SSSR count). The summed E-state index contributed by atoms with van der Waals surface area (Å²) >= 11 is 0. The number of fused-ring (bicyclic) bond motifs is 2. The summed E-state index contributed by atoms with van der Waals surface area (Å²) in [6.07, 6.45) is 0. The van der Waals surface area contributed by atoms with Crippen molar-refractivity contribution in [1.29, 1.82) is 0 Å². The Morgan fingerprint density at radius 3 is 1.42 bits per heavy atom. The monoisotopic (exact) mass is 480 g/mol. The number of carbonyl (C=O) groups excluding carboxylic acids is 2. The molecule has 0 unspecified atom stereocenters. The van der Waals surface area contributed by atoms with Crippen LogP contribution in [0, 0.1) is 0 Å². The number of esters is 2. The Morgan fingerprint density at radius 1 is 0.583 bits per heavy atom. The van der Waals surface area contributed by atoms with Gasteiger partial charge in [-0.3, -0.25) is 0 Å². The lowest BCUT2D eigenvalue weighted by Gasteiger charge is -2.13. The van der Waals surface area contributed by atoms with E-state index in [1.54, 1.807) is 12.1 Å². The molecule has 0 atom stereocenters. The van der Waals surface area contributed by atoms with Crippen molar-refractivity contribution < 1.29 is 19.1 Å². The lowest BCUT2D eigenvalue weighted by Crippen LogP contribution is -2.09. The van der Waals surface area contributed by atoms with E-state index in [4.69, 9.17) is 9.47 Å². The Labute approximate surface area is 205 Å². The van der Waals surface area contributed by atoms with E-state index in [0.29, 0.717) is 22.4 Å². The molecule has 3 aromatic carbocycles. The minimum absolute atomic E-state index is 0.148. The van der Waals surface area contributed by atoms with Crippen molar-refractivity contribution in [3.05, 3.63) is 84.2 Å². The zero-order valence-corrected chi connectivity index (χ0v) is 19.4. The maximum Gasteiger partial charge on any atom is 0.359 e. The lowest BCUT2D eigenvalue weighted by molar-refractivity contribution is 0.0586. The van der Waals surface area contributed by atoms with Crippen LogP contribution in [-0.4, -0.2) is 46.6 Å². The summed E-state index contributed by atoms with van der Waals surface area (Å²) in [6.45, 7) is 0. The molecule has 0 spiro atoms. The molecule has 0 radical (unpaired) electrons. The van der Waals surface area contributed by atoms with Crippen LogP contribution in [0.2, 0.25) is 0 Å². The molecule has 0 fully saturated rings. The summed E-state index contributed by atoms with van der Waals surface area (Å²) in [4.78, 5) is 24.2. The minimum Gasteiger partial charge on any atom is -0.464 e. The van der Waals surface area contributed by atoms with E-state index in [1.807, 2.05) is 60.7 Å². The van der Waals surface area contributed by atoms with E-state index < -0.39 is 11.9 Å². The van der Waals surface area contributed by atoms with Gasteiger partial charge in [0.2, 0.25) is 0 Å². The molecule has 178 valence electrons. The number of nitrogens with one attached hydrogen (secondary N) is 2. The Morgan fingerprint density at radius 2 is 1.00 bits per heavy atom. The van der Waals surface area contributed by atoms with Gasteiger partial charge in [-0.15, -0.1) is 20.4 Å². The lowest BCUT2D eigenvalue weighted by atomic mass is 10.1. The van der Waals surface area contributed by atoms with E-state index in [9.17, 15) is 9.59 Å². The van der Waals surface area contributed by atoms with Crippen LogP contribution in [0.25, 0.3) is 21.5 Å². The predicted molar refractivity (Wildman–Crippen MR) is 135 cm³/mol. The van der Waals surface area contributed by atoms with E-state index in [0.717, 1.165) is 22.1 Å². The maximum atomic E-state index is 12.1. The first-order valence-electron chi connectivity index (χ1n) is 10.9. The number of nitrogens with zero attached hydrogens (tertiary/aromatic N) is 4. The number of anilines is 4. The van der Waals surface area contributed by atoms with Gasteiger partial charge in [-0.25, -0.2) is 9.59 Å². The molecule has 2 heterocycles. The second kappa shape index (κ2) is 9.63. The third-order valence-corrected chi connectivity index (χ3v) is 5.52. The van der Waals surface area contributed by atoms with E-state index in [1.165, 1.54) is 14.2 Å². The highest BCUT2D eigenvalue weighted by Gasteiger charge is 2.17. The number of benzene rings is 3. The second-order valence-electron chi connectivity index (χ2n) is 7.70.